The van der Waals surface area contributed by atoms with Gasteiger partial charge in [0.05, 0.1) is 9.82 Å². The van der Waals surface area contributed by atoms with Gasteiger partial charge in [-0.1, -0.05) is 0 Å². The van der Waals surface area contributed by atoms with Crippen molar-refractivity contribution in [3.8, 4) is 0 Å². The van der Waals surface area contributed by atoms with Crippen LogP contribution in [0, 0.1) is 22.9 Å². The lowest BCUT2D eigenvalue weighted by atomic mass is 10.2. The quantitative estimate of drug-likeness (QED) is 0.632. The third-order valence-electron chi connectivity index (χ3n) is 3.10. The van der Waals surface area contributed by atoms with E-state index in [0.717, 1.165) is 12.1 Å². The second kappa shape index (κ2) is 6.65. The van der Waals surface area contributed by atoms with Crippen LogP contribution in [-0.4, -0.2) is 32.5 Å². The Kier molecular flexibility index (Phi) is 5.62. The number of nitro groups is 1. The normalized spacial score (nSPS) is 18.3. The molecule has 2 N–H and O–H groups in total. The Morgan fingerprint density at radius 1 is 1.48 bits per heavy atom. The van der Waals surface area contributed by atoms with Crippen LogP contribution in [-0.2, 0) is 10.0 Å². The van der Waals surface area contributed by atoms with Crippen molar-refractivity contribution in [3.05, 3.63) is 33.6 Å². The molecular formula is C11H15ClFN3O4S. The maximum Gasteiger partial charge on any atom is 0.306 e. The number of halogens is 2. The maximum atomic E-state index is 13.6. The van der Waals surface area contributed by atoms with E-state index in [1.807, 2.05) is 0 Å². The van der Waals surface area contributed by atoms with Crippen LogP contribution in [0.3, 0.4) is 0 Å². The topological polar surface area (TPSA) is 101 Å². The lowest BCUT2D eigenvalue weighted by Gasteiger charge is -2.12. The molecule has 0 radical (unpaired) electrons. The van der Waals surface area contributed by atoms with Crippen molar-refractivity contribution in [1.29, 1.82) is 0 Å². The van der Waals surface area contributed by atoms with Crippen molar-refractivity contribution in [1.82, 2.24) is 10.0 Å². The molecule has 10 heteroatoms. The molecule has 0 amide bonds. The molecule has 1 heterocycles. The van der Waals surface area contributed by atoms with E-state index in [2.05, 4.69) is 10.0 Å². The minimum Gasteiger partial charge on any atom is -0.315 e. The van der Waals surface area contributed by atoms with Gasteiger partial charge < -0.3 is 5.32 Å². The lowest BCUT2D eigenvalue weighted by molar-refractivity contribution is -0.387. The molecule has 0 spiro atoms. The van der Waals surface area contributed by atoms with Gasteiger partial charge in [0.2, 0.25) is 15.8 Å². The molecule has 0 aromatic heterocycles. The summed E-state index contributed by atoms with van der Waals surface area (Å²) in [6.45, 7) is 2.50. The molecule has 1 atom stereocenters. The molecule has 7 nitrogen and oxygen atoms in total. The molecule has 1 aliphatic heterocycles. The number of hydrogen-bond donors (Lipinski definition) is 2. The summed E-state index contributed by atoms with van der Waals surface area (Å²) in [4.78, 5) is 9.51. The van der Waals surface area contributed by atoms with Gasteiger partial charge >= 0.3 is 5.69 Å². The van der Waals surface area contributed by atoms with Crippen molar-refractivity contribution in [3.63, 3.8) is 0 Å². The Morgan fingerprint density at radius 3 is 2.67 bits per heavy atom. The number of benzene rings is 1. The molecule has 1 aromatic rings. The van der Waals surface area contributed by atoms with Crippen LogP contribution in [0.1, 0.15) is 12.0 Å². The summed E-state index contributed by atoms with van der Waals surface area (Å²) in [5, 5.41) is 13.7. The molecule has 1 unspecified atom stereocenters. The first-order chi connectivity index (χ1) is 9.31. The molecule has 21 heavy (non-hydrogen) atoms. The van der Waals surface area contributed by atoms with Crippen molar-refractivity contribution in [2.24, 2.45) is 0 Å². The van der Waals surface area contributed by atoms with Crippen LogP contribution in [0.25, 0.3) is 0 Å². The smallest absolute Gasteiger partial charge is 0.306 e. The molecule has 1 aliphatic rings. The minimum atomic E-state index is -3.90. The molecule has 2 rings (SSSR count). The van der Waals surface area contributed by atoms with E-state index in [9.17, 15) is 22.9 Å². The van der Waals surface area contributed by atoms with Gasteiger partial charge in [-0.25, -0.2) is 13.1 Å². The fourth-order valence-electron chi connectivity index (χ4n) is 2.05. The van der Waals surface area contributed by atoms with Gasteiger partial charge in [0, 0.05) is 18.7 Å². The monoisotopic (exact) mass is 339 g/mol. The van der Waals surface area contributed by atoms with E-state index < -0.39 is 26.5 Å². The summed E-state index contributed by atoms with van der Waals surface area (Å²) < 4.78 is 40.3. The molecule has 1 aromatic carbocycles. The number of nitro benzene ring substituents is 1. The number of aryl methyl sites for hydroxylation is 1. The zero-order valence-electron chi connectivity index (χ0n) is 11.1. The van der Waals surface area contributed by atoms with E-state index in [4.69, 9.17) is 0 Å². The highest BCUT2D eigenvalue weighted by Crippen LogP contribution is 2.25. The molecule has 118 valence electrons. The number of hydrogen-bond acceptors (Lipinski definition) is 5. The first kappa shape index (κ1) is 17.8. The Labute approximate surface area is 127 Å². The molecule has 0 saturated carbocycles. The molecular weight excluding hydrogens is 325 g/mol. The van der Waals surface area contributed by atoms with Crippen LogP contribution < -0.4 is 10.0 Å². The van der Waals surface area contributed by atoms with E-state index in [1.54, 1.807) is 0 Å². The molecule has 1 saturated heterocycles. The van der Waals surface area contributed by atoms with Crippen LogP contribution in [0.2, 0.25) is 0 Å². The Morgan fingerprint density at radius 2 is 2.14 bits per heavy atom. The zero-order valence-corrected chi connectivity index (χ0v) is 12.8. The standard InChI is InChI=1S/C11H14FN3O4S.ClH/c1-7-4-9(5-10(11(7)12)15(16)17)20(18,19)14-8-2-3-13-6-8;/h4-5,8,13-14H,2-3,6H2,1H3;1H. The lowest BCUT2D eigenvalue weighted by Crippen LogP contribution is -2.36. The van der Waals surface area contributed by atoms with Gasteiger partial charge in [-0.2, -0.15) is 4.39 Å². The Bertz CT molecular complexity index is 647. The second-order valence-corrected chi connectivity index (χ2v) is 6.36. The van der Waals surface area contributed by atoms with Gasteiger partial charge in [-0.05, 0) is 31.5 Å². The fourth-order valence-corrected chi connectivity index (χ4v) is 3.42. The Balaban J connectivity index is 0.00000220. The van der Waals surface area contributed by atoms with Crippen molar-refractivity contribution >= 4 is 28.1 Å². The predicted octanol–water partition coefficient (Wildman–Crippen LogP) is 1.10. The second-order valence-electron chi connectivity index (χ2n) is 4.64. The van der Waals surface area contributed by atoms with Gasteiger partial charge in [0.25, 0.3) is 0 Å². The summed E-state index contributed by atoms with van der Waals surface area (Å²) >= 11 is 0. The molecule has 0 bridgehead atoms. The fraction of sp³-hybridized carbons (Fsp3) is 0.455. The average molecular weight is 340 g/mol. The highest BCUT2D eigenvalue weighted by atomic mass is 35.5. The average Bonchev–Trinajstić information content (AvgIpc) is 2.83. The number of nitrogens with one attached hydrogen (secondary N) is 2. The first-order valence-corrected chi connectivity index (χ1v) is 7.47. The molecule has 0 aliphatic carbocycles. The summed E-state index contributed by atoms with van der Waals surface area (Å²) in [5.74, 6) is -1.02. The van der Waals surface area contributed by atoms with E-state index in [0.29, 0.717) is 19.5 Å². The number of nitrogens with zero attached hydrogens (tertiary/aromatic N) is 1. The van der Waals surface area contributed by atoms with Gasteiger partial charge in [-0.3, -0.25) is 10.1 Å². The van der Waals surface area contributed by atoms with Crippen LogP contribution in [0.4, 0.5) is 10.1 Å². The highest BCUT2D eigenvalue weighted by Gasteiger charge is 2.27. The van der Waals surface area contributed by atoms with Crippen molar-refractivity contribution in [2.45, 2.75) is 24.3 Å². The SMILES string of the molecule is Cc1cc(S(=O)(=O)NC2CCNC2)cc([N+](=O)[O-])c1F.Cl. The predicted molar refractivity (Wildman–Crippen MR) is 76.6 cm³/mol. The van der Waals surface area contributed by atoms with Crippen LogP contribution in [0.5, 0.6) is 0 Å². The minimum absolute atomic E-state index is 0. The van der Waals surface area contributed by atoms with E-state index in [-0.39, 0.29) is 28.9 Å². The van der Waals surface area contributed by atoms with Crippen molar-refractivity contribution in [2.75, 3.05) is 13.1 Å². The number of rotatable bonds is 4. The van der Waals surface area contributed by atoms with Crippen LogP contribution in [0.15, 0.2) is 17.0 Å². The summed E-state index contributed by atoms with van der Waals surface area (Å²) in [5.41, 5.74) is -0.918. The summed E-state index contributed by atoms with van der Waals surface area (Å²) in [6.07, 6.45) is 0.640. The largest absolute Gasteiger partial charge is 0.315 e. The van der Waals surface area contributed by atoms with Crippen LogP contribution >= 0.6 is 12.4 Å². The third kappa shape index (κ3) is 3.88. The van der Waals surface area contributed by atoms with Gasteiger partial charge in [0.1, 0.15) is 0 Å². The van der Waals surface area contributed by atoms with Crippen molar-refractivity contribution < 1.29 is 17.7 Å². The van der Waals surface area contributed by atoms with Gasteiger partial charge in [-0.15, -0.1) is 12.4 Å². The zero-order chi connectivity index (χ0) is 14.9. The summed E-state index contributed by atoms with van der Waals surface area (Å²) in [7, 11) is -3.90. The van der Waals surface area contributed by atoms with Gasteiger partial charge in [0.15, 0.2) is 0 Å². The summed E-state index contributed by atoms with van der Waals surface area (Å²) in [6, 6.07) is 1.57. The first-order valence-electron chi connectivity index (χ1n) is 5.99. The third-order valence-corrected chi connectivity index (χ3v) is 4.60. The Hall–Kier alpha value is -1.29. The number of sulfonamides is 1. The van der Waals surface area contributed by atoms with E-state index >= 15 is 0 Å². The van der Waals surface area contributed by atoms with E-state index in [1.165, 1.54) is 6.92 Å². The maximum absolute atomic E-state index is 13.6. The highest BCUT2D eigenvalue weighted by molar-refractivity contribution is 7.89. The molecule has 1 fully saturated rings.